The number of non-ortho nitro benzene ring substituents is 1. The molecule has 2 amide bonds. The summed E-state index contributed by atoms with van der Waals surface area (Å²) >= 11 is 0. The lowest BCUT2D eigenvalue weighted by Gasteiger charge is -2.07. The lowest BCUT2D eigenvalue weighted by Crippen LogP contribution is -2.24. The molecule has 0 unspecified atom stereocenters. The maximum absolute atomic E-state index is 12.0. The molecule has 2 N–H and O–H groups in total. The van der Waals surface area contributed by atoms with Gasteiger partial charge in [0.2, 0.25) is 17.6 Å². The zero-order chi connectivity index (χ0) is 25.4. The molecule has 3 aromatic rings. The molecular weight excluding hydrogens is 458 g/mol. The van der Waals surface area contributed by atoms with Gasteiger partial charge in [-0.1, -0.05) is 30.3 Å². The fraction of sp³-hybridized carbons (Fsp3) is 0.0870. The molecule has 0 aromatic heterocycles. The van der Waals surface area contributed by atoms with Crippen molar-refractivity contribution >= 4 is 35.1 Å². The third kappa shape index (κ3) is 6.92. The fourth-order valence-corrected chi connectivity index (χ4v) is 2.91. The number of hydrogen-bond acceptors (Lipinski definition) is 8. The quantitative estimate of drug-likeness (QED) is 0.203. The van der Waals surface area contributed by atoms with Gasteiger partial charge in [-0.25, -0.2) is 5.43 Å². The maximum atomic E-state index is 12.0. The van der Waals surface area contributed by atoms with E-state index in [0.29, 0.717) is 11.3 Å². The van der Waals surface area contributed by atoms with Gasteiger partial charge in [0.25, 0.3) is 5.69 Å². The fourth-order valence-electron chi connectivity index (χ4n) is 2.91. The number of carbonyl (C=O) groups excluding carboxylic acids is 2. The maximum Gasteiger partial charge on any atom is 0.318 e. The molecule has 178 valence electrons. The summed E-state index contributed by atoms with van der Waals surface area (Å²) in [6.07, 6.45) is 0.868. The Balaban J connectivity index is 1.60. The molecule has 0 bridgehead atoms. The molecule has 0 fully saturated rings. The van der Waals surface area contributed by atoms with Crippen LogP contribution in [0.1, 0.15) is 17.5 Å². The number of rotatable bonds is 9. The van der Waals surface area contributed by atoms with Crippen LogP contribution in [-0.4, -0.2) is 27.9 Å². The number of nitrogens with one attached hydrogen (secondary N) is 2. The van der Waals surface area contributed by atoms with Crippen molar-refractivity contribution < 1.29 is 24.2 Å². The number of nitrogens with zero attached hydrogens (tertiary/aromatic N) is 3. The Kier molecular flexibility index (Phi) is 7.80. The smallest absolute Gasteiger partial charge is 0.318 e. The summed E-state index contributed by atoms with van der Waals surface area (Å²) in [6.45, 7) is 1.83. The van der Waals surface area contributed by atoms with Crippen molar-refractivity contribution in [2.75, 3.05) is 5.32 Å². The number of nitro benzene ring substituents is 2. The number of amides is 2. The second kappa shape index (κ2) is 11.1. The molecule has 0 aliphatic heterocycles. The molecule has 0 aliphatic rings. The number of anilines is 1. The van der Waals surface area contributed by atoms with Gasteiger partial charge in [0.05, 0.1) is 22.1 Å². The number of carbonyl (C=O) groups is 2. The van der Waals surface area contributed by atoms with E-state index in [2.05, 4.69) is 15.8 Å². The van der Waals surface area contributed by atoms with E-state index in [4.69, 9.17) is 4.74 Å². The van der Waals surface area contributed by atoms with E-state index in [9.17, 15) is 29.8 Å². The number of hydrogen-bond donors (Lipinski definition) is 2. The molecule has 35 heavy (non-hydrogen) atoms. The van der Waals surface area contributed by atoms with Crippen molar-refractivity contribution in [3.8, 4) is 11.5 Å². The number of aryl methyl sites for hydroxylation is 1. The standard InChI is InChI=1S/C23H19N5O7/c1-15-5-2-3-8-19(15)25-22(29)13-23(30)26-24-14-16-6-4-7-18(11-16)35-21-10-9-17(27(31)32)12-20(21)28(33)34/h2-12,14H,13H2,1H3,(H,25,29)(H,26,30). The largest absolute Gasteiger partial charge is 0.450 e. The Bertz CT molecular complexity index is 1320. The van der Waals surface area contributed by atoms with Crippen molar-refractivity contribution in [2.24, 2.45) is 5.10 Å². The van der Waals surface area contributed by atoms with Gasteiger partial charge in [-0.15, -0.1) is 0 Å². The lowest BCUT2D eigenvalue weighted by atomic mass is 10.2. The van der Waals surface area contributed by atoms with E-state index in [0.717, 1.165) is 23.8 Å². The Morgan fingerprint density at radius 2 is 1.74 bits per heavy atom. The van der Waals surface area contributed by atoms with Gasteiger partial charge in [0.15, 0.2) is 0 Å². The topological polar surface area (TPSA) is 166 Å². The molecular formula is C23H19N5O7. The van der Waals surface area contributed by atoms with E-state index in [-0.39, 0.29) is 11.5 Å². The number of benzene rings is 3. The summed E-state index contributed by atoms with van der Waals surface area (Å²) in [7, 11) is 0. The number of hydrazone groups is 1. The summed E-state index contributed by atoms with van der Waals surface area (Å²) in [6, 6.07) is 16.4. The van der Waals surface area contributed by atoms with E-state index in [1.165, 1.54) is 18.3 Å². The SMILES string of the molecule is Cc1ccccc1NC(=O)CC(=O)NN=Cc1cccc(Oc2ccc([N+](=O)[O-])cc2[N+](=O)[O-])c1. The highest BCUT2D eigenvalue weighted by molar-refractivity contribution is 6.04. The van der Waals surface area contributed by atoms with Gasteiger partial charge < -0.3 is 10.1 Å². The van der Waals surface area contributed by atoms with Gasteiger partial charge in [0, 0.05) is 11.8 Å². The molecule has 0 saturated carbocycles. The number of nitro groups is 2. The average Bonchev–Trinajstić information content (AvgIpc) is 2.80. The molecule has 0 radical (unpaired) electrons. The van der Waals surface area contributed by atoms with Crippen LogP contribution in [-0.2, 0) is 9.59 Å². The van der Waals surface area contributed by atoms with E-state index < -0.39 is 39.5 Å². The molecule has 0 saturated heterocycles. The molecule has 12 nitrogen and oxygen atoms in total. The van der Waals surface area contributed by atoms with E-state index in [1.807, 2.05) is 19.1 Å². The van der Waals surface area contributed by atoms with Crippen LogP contribution in [0.4, 0.5) is 17.1 Å². The minimum Gasteiger partial charge on any atom is -0.450 e. The first kappa shape index (κ1) is 24.5. The zero-order valence-corrected chi connectivity index (χ0v) is 18.3. The summed E-state index contributed by atoms with van der Waals surface area (Å²) in [5, 5.41) is 28.6. The van der Waals surface area contributed by atoms with Gasteiger partial charge in [0.1, 0.15) is 12.2 Å². The molecule has 0 atom stereocenters. The third-order valence-corrected chi connectivity index (χ3v) is 4.58. The molecule has 0 spiro atoms. The zero-order valence-electron chi connectivity index (χ0n) is 18.3. The third-order valence-electron chi connectivity index (χ3n) is 4.58. The number of para-hydroxylation sites is 1. The Morgan fingerprint density at radius 3 is 2.46 bits per heavy atom. The molecule has 3 aromatic carbocycles. The minimum atomic E-state index is -0.779. The predicted molar refractivity (Wildman–Crippen MR) is 126 cm³/mol. The first-order chi connectivity index (χ1) is 16.7. The highest BCUT2D eigenvalue weighted by atomic mass is 16.6. The Hall–Kier alpha value is -5.13. The first-order valence-corrected chi connectivity index (χ1v) is 10.1. The highest BCUT2D eigenvalue weighted by Crippen LogP contribution is 2.34. The molecule has 12 heteroatoms. The van der Waals surface area contributed by atoms with Crippen LogP contribution < -0.4 is 15.5 Å². The van der Waals surface area contributed by atoms with E-state index >= 15 is 0 Å². The monoisotopic (exact) mass is 477 g/mol. The Labute approximate surface area is 198 Å². The molecule has 0 heterocycles. The van der Waals surface area contributed by atoms with Gasteiger partial charge >= 0.3 is 5.69 Å². The van der Waals surface area contributed by atoms with Crippen LogP contribution in [0.3, 0.4) is 0 Å². The predicted octanol–water partition coefficient (Wildman–Crippen LogP) is 4.08. The average molecular weight is 477 g/mol. The normalized spacial score (nSPS) is 10.5. The second-order valence-corrected chi connectivity index (χ2v) is 7.17. The van der Waals surface area contributed by atoms with Gasteiger partial charge in [-0.2, -0.15) is 5.10 Å². The van der Waals surface area contributed by atoms with Crippen LogP contribution in [0.5, 0.6) is 11.5 Å². The van der Waals surface area contributed by atoms with Crippen LogP contribution >= 0.6 is 0 Å². The van der Waals surface area contributed by atoms with Crippen molar-refractivity contribution in [3.63, 3.8) is 0 Å². The van der Waals surface area contributed by atoms with Crippen LogP contribution in [0.25, 0.3) is 0 Å². The highest BCUT2D eigenvalue weighted by Gasteiger charge is 2.21. The van der Waals surface area contributed by atoms with Crippen molar-refractivity contribution in [2.45, 2.75) is 13.3 Å². The minimum absolute atomic E-state index is 0.178. The summed E-state index contributed by atoms with van der Waals surface area (Å²) in [5.41, 5.74) is 3.21. The van der Waals surface area contributed by atoms with Crippen LogP contribution in [0.2, 0.25) is 0 Å². The Morgan fingerprint density at radius 1 is 0.971 bits per heavy atom. The van der Waals surface area contributed by atoms with Gasteiger partial charge in [-0.05, 0) is 42.3 Å². The van der Waals surface area contributed by atoms with E-state index in [1.54, 1.807) is 24.3 Å². The summed E-state index contributed by atoms with van der Waals surface area (Å²) < 4.78 is 5.53. The van der Waals surface area contributed by atoms with Crippen LogP contribution in [0.15, 0.2) is 71.8 Å². The van der Waals surface area contributed by atoms with Crippen LogP contribution in [0, 0.1) is 27.2 Å². The van der Waals surface area contributed by atoms with Gasteiger partial charge in [-0.3, -0.25) is 29.8 Å². The molecule has 3 rings (SSSR count). The second-order valence-electron chi connectivity index (χ2n) is 7.17. The molecule has 0 aliphatic carbocycles. The summed E-state index contributed by atoms with van der Waals surface area (Å²) in [5.74, 6) is -1.09. The van der Waals surface area contributed by atoms with Crippen molar-refractivity contribution in [3.05, 3.63) is 98.1 Å². The first-order valence-electron chi connectivity index (χ1n) is 10.1. The van der Waals surface area contributed by atoms with Crippen molar-refractivity contribution in [1.82, 2.24) is 5.43 Å². The summed E-state index contributed by atoms with van der Waals surface area (Å²) in [4.78, 5) is 44.6. The lowest BCUT2D eigenvalue weighted by molar-refractivity contribution is -0.394. The number of ether oxygens (including phenoxy) is 1. The van der Waals surface area contributed by atoms with Crippen molar-refractivity contribution in [1.29, 1.82) is 0 Å².